The third-order valence-corrected chi connectivity index (χ3v) is 6.80. The molecule has 2 aromatic carbocycles. The second kappa shape index (κ2) is 8.32. The van der Waals surface area contributed by atoms with E-state index in [0.29, 0.717) is 0 Å². The highest BCUT2D eigenvalue weighted by atomic mass is 32.2. The van der Waals surface area contributed by atoms with E-state index in [1.54, 1.807) is 0 Å². The van der Waals surface area contributed by atoms with Crippen molar-refractivity contribution >= 4 is 45.1 Å². The summed E-state index contributed by atoms with van der Waals surface area (Å²) in [6.07, 6.45) is 10.1. The van der Waals surface area contributed by atoms with Crippen molar-refractivity contribution < 1.29 is 4.57 Å². The van der Waals surface area contributed by atoms with Gasteiger partial charge in [-0.15, -0.1) is 0 Å². The number of hydrogen-bond donors (Lipinski definition) is 1. The van der Waals surface area contributed by atoms with Crippen LogP contribution >= 0.6 is 23.1 Å². The van der Waals surface area contributed by atoms with Gasteiger partial charge in [-0.05, 0) is 36.3 Å². The summed E-state index contributed by atoms with van der Waals surface area (Å²) in [4.78, 5) is 1.32. The van der Waals surface area contributed by atoms with Gasteiger partial charge in [-0.1, -0.05) is 67.6 Å². The first kappa shape index (κ1) is 18.3. The van der Waals surface area contributed by atoms with E-state index in [2.05, 4.69) is 84.4 Å². The molecule has 0 unspecified atom stereocenters. The summed E-state index contributed by atoms with van der Waals surface area (Å²) in [5.41, 5.74) is 3.99. The summed E-state index contributed by atoms with van der Waals surface area (Å²) in [5.74, 6) is 0. The summed E-state index contributed by atoms with van der Waals surface area (Å²) >= 11 is 3.67. The quantitative estimate of drug-likeness (QED) is 0.473. The second-order valence-corrected chi connectivity index (χ2v) is 8.90. The van der Waals surface area contributed by atoms with Crippen LogP contribution in [0.25, 0.3) is 16.3 Å². The molecule has 2 heterocycles. The van der Waals surface area contributed by atoms with Gasteiger partial charge in [0.2, 0.25) is 5.52 Å². The van der Waals surface area contributed by atoms with Gasteiger partial charge in [0.1, 0.15) is 11.2 Å². The standard InChI is InChI=1S/C23H24N2S2/c1-3-8-17-13-14-20-18(16-17)24-22(26-20)11-7-12-23-25(15-4-2)19-9-5-6-10-21(19)27-23/h5-7,9-14,16H,3-4,8,15H2,1-2H3/p+1. The molecule has 0 radical (unpaired) electrons. The Morgan fingerprint density at radius 2 is 1.96 bits per heavy atom. The number of allylic oxidation sites excluding steroid dienone is 2. The maximum Gasteiger partial charge on any atom is 0.262 e. The molecular formula is C23H25N2S2+. The lowest BCUT2D eigenvalue weighted by molar-refractivity contribution is -0.668. The van der Waals surface area contributed by atoms with Gasteiger partial charge < -0.3 is 5.32 Å². The minimum absolute atomic E-state index is 1.05. The number of aryl methyl sites for hydroxylation is 2. The minimum atomic E-state index is 1.05. The Labute approximate surface area is 169 Å². The molecule has 138 valence electrons. The fourth-order valence-corrected chi connectivity index (χ4v) is 5.41. The van der Waals surface area contributed by atoms with E-state index in [4.69, 9.17) is 0 Å². The Hall–Kier alpha value is -2.04. The molecule has 27 heavy (non-hydrogen) atoms. The van der Waals surface area contributed by atoms with Crippen molar-refractivity contribution in [3.8, 4) is 0 Å². The van der Waals surface area contributed by atoms with Gasteiger partial charge in [-0.3, -0.25) is 0 Å². The third kappa shape index (κ3) is 3.97. The van der Waals surface area contributed by atoms with Gasteiger partial charge in [0.15, 0.2) is 0 Å². The first-order valence-corrected chi connectivity index (χ1v) is 11.3. The van der Waals surface area contributed by atoms with Crippen LogP contribution in [0.3, 0.4) is 0 Å². The molecule has 2 nitrogen and oxygen atoms in total. The van der Waals surface area contributed by atoms with Crippen molar-refractivity contribution in [2.75, 3.05) is 5.32 Å². The van der Waals surface area contributed by atoms with E-state index < -0.39 is 0 Å². The number of nitrogens with one attached hydrogen (secondary N) is 1. The van der Waals surface area contributed by atoms with Crippen molar-refractivity contribution in [3.63, 3.8) is 0 Å². The molecule has 1 aliphatic heterocycles. The monoisotopic (exact) mass is 393 g/mol. The Balaban J connectivity index is 1.54. The number of fused-ring (bicyclic) bond motifs is 2. The molecule has 0 fully saturated rings. The molecule has 0 bridgehead atoms. The van der Waals surface area contributed by atoms with Crippen LogP contribution in [0.2, 0.25) is 0 Å². The number of hydrogen-bond acceptors (Lipinski definition) is 3. The Morgan fingerprint density at radius 1 is 1.07 bits per heavy atom. The SMILES string of the molecule is CCCc1ccc2c(c1)NC(=CC=Cc1sc3ccccc3[n+]1CCC)S2. The van der Waals surface area contributed by atoms with Gasteiger partial charge in [0.05, 0.1) is 10.7 Å². The number of para-hydroxylation sites is 1. The minimum Gasteiger partial charge on any atom is -0.349 e. The highest BCUT2D eigenvalue weighted by Crippen LogP contribution is 2.41. The zero-order valence-corrected chi connectivity index (χ0v) is 17.5. The lowest BCUT2D eigenvalue weighted by atomic mass is 10.1. The number of nitrogens with zero attached hydrogens (tertiary/aromatic N) is 1. The first-order chi connectivity index (χ1) is 13.3. The van der Waals surface area contributed by atoms with Crippen molar-refractivity contribution in [2.24, 2.45) is 0 Å². The normalized spacial score (nSPS) is 15.0. The molecule has 0 saturated carbocycles. The molecule has 4 heteroatoms. The van der Waals surface area contributed by atoms with Gasteiger partial charge >= 0.3 is 0 Å². The predicted molar refractivity (Wildman–Crippen MR) is 119 cm³/mol. The van der Waals surface area contributed by atoms with Gasteiger partial charge in [0, 0.05) is 23.5 Å². The summed E-state index contributed by atoms with van der Waals surface area (Å²) in [6, 6.07) is 15.5. The largest absolute Gasteiger partial charge is 0.349 e. The van der Waals surface area contributed by atoms with Gasteiger partial charge in [-0.2, -0.15) is 4.57 Å². The summed E-state index contributed by atoms with van der Waals surface area (Å²) in [6.45, 7) is 5.52. The molecule has 0 atom stereocenters. The molecule has 0 saturated heterocycles. The lowest BCUT2D eigenvalue weighted by Crippen LogP contribution is -2.34. The fraction of sp³-hybridized carbons (Fsp3) is 0.261. The third-order valence-electron chi connectivity index (χ3n) is 4.63. The van der Waals surface area contributed by atoms with Crippen LogP contribution in [0.1, 0.15) is 37.3 Å². The zero-order valence-electron chi connectivity index (χ0n) is 15.9. The molecular weight excluding hydrogens is 368 g/mol. The van der Waals surface area contributed by atoms with E-state index in [-0.39, 0.29) is 0 Å². The second-order valence-electron chi connectivity index (χ2n) is 6.76. The number of aromatic nitrogens is 1. The predicted octanol–water partition coefficient (Wildman–Crippen LogP) is 6.62. The molecule has 0 spiro atoms. The maximum atomic E-state index is 3.56. The van der Waals surface area contributed by atoms with Crippen molar-refractivity contribution in [2.45, 2.75) is 44.6 Å². The van der Waals surface area contributed by atoms with E-state index in [1.807, 2.05) is 23.1 Å². The topological polar surface area (TPSA) is 15.9 Å². The molecule has 4 rings (SSSR count). The highest BCUT2D eigenvalue weighted by Gasteiger charge is 2.17. The van der Waals surface area contributed by atoms with E-state index in [9.17, 15) is 0 Å². The average Bonchev–Trinajstić information content (AvgIpc) is 3.23. The van der Waals surface area contributed by atoms with Crippen molar-refractivity contribution in [1.82, 2.24) is 0 Å². The number of thiazole rings is 1. The zero-order chi connectivity index (χ0) is 18.6. The summed E-state index contributed by atoms with van der Waals surface area (Å²) < 4.78 is 3.78. The number of rotatable bonds is 6. The molecule has 1 aliphatic rings. The van der Waals surface area contributed by atoms with Crippen molar-refractivity contribution in [3.05, 3.63) is 70.2 Å². The Morgan fingerprint density at radius 3 is 2.81 bits per heavy atom. The first-order valence-electron chi connectivity index (χ1n) is 9.66. The van der Waals surface area contributed by atoms with Crippen molar-refractivity contribution in [1.29, 1.82) is 0 Å². The molecule has 1 aromatic heterocycles. The Kier molecular flexibility index (Phi) is 5.65. The van der Waals surface area contributed by atoms with Crippen LogP contribution in [0.4, 0.5) is 5.69 Å². The molecule has 1 N–H and O–H groups in total. The molecule has 0 amide bonds. The average molecular weight is 394 g/mol. The van der Waals surface area contributed by atoms with Gasteiger partial charge in [0.25, 0.3) is 5.01 Å². The van der Waals surface area contributed by atoms with E-state index in [1.165, 1.54) is 42.8 Å². The number of benzene rings is 2. The van der Waals surface area contributed by atoms with E-state index >= 15 is 0 Å². The van der Waals surface area contributed by atoms with Crippen LogP contribution in [-0.2, 0) is 13.0 Å². The lowest BCUT2D eigenvalue weighted by Gasteiger charge is -2.02. The van der Waals surface area contributed by atoms with Gasteiger partial charge in [-0.25, -0.2) is 0 Å². The number of thioether (sulfide) groups is 1. The van der Waals surface area contributed by atoms with E-state index in [0.717, 1.165) is 19.4 Å². The number of anilines is 1. The molecule has 3 aromatic rings. The van der Waals surface area contributed by atoms with Crippen LogP contribution in [-0.4, -0.2) is 0 Å². The van der Waals surface area contributed by atoms with Crippen LogP contribution < -0.4 is 9.88 Å². The van der Waals surface area contributed by atoms with Crippen LogP contribution in [0.15, 0.2) is 64.5 Å². The smallest absolute Gasteiger partial charge is 0.262 e. The summed E-state index contributed by atoms with van der Waals surface area (Å²) in [7, 11) is 0. The van der Waals surface area contributed by atoms with Crippen LogP contribution in [0, 0.1) is 0 Å². The molecule has 0 aliphatic carbocycles. The fourth-order valence-electron chi connectivity index (χ4n) is 3.41. The van der Waals surface area contributed by atoms with Crippen LogP contribution in [0.5, 0.6) is 0 Å². The Bertz CT molecular complexity index is 1010. The maximum absolute atomic E-state index is 3.56. The highest BCUT2D eigenvalue weighted by molar-refractivity contribution is 8.03. The summed E-state index contributed by atoms with van der Waals surface area (Å²) in [5, 5.41) is 6.05.